The highest BCUT2D eigenvalue weighted by molar-refractivity contribution is 6.01. The number of allylic oxidation sites excluding steroid dienone is 5. The van der Waals surface area contributed by atoms with Gasteiger partial charge in [-0.2, -0.15) is 0 Å². The molecule has 3 atom stereocenters. The highest BCUT2D eigenvalue weighted by Crippen LogP contribution is 2.75. The molecule has 0 aliphatic heterocycles. The Hall–Kier alpha value is -2.17. The van der Waals surface area contributed by atoms with Gasteiger partial charge in [-0.25, -0.2) is 4.79 Å². The Labute approximate surface area is 154 Å². The van der Waals surface area contributed by atoms with Crippen molar-refractivity contribution in [3.8, 4) is 0 Å². The fourth-order valence-corrected chi connectivity index (χ4v) is 4.78. The van der Waals surface area contributed by atoms with Gasteiger partial charge in [0.25, 0.3) is 0 Å². The predicted octanol–water partition coefficient (Wildman–Crippen LogP) is 3.70. The fourth-order valence-electron chi connectivity index (χ4n) is 4.78. The zero-order valence-corrected chi connectivity index (χ0v) is 16.4. The third-order valence-electron chi connectivity index (χ3n) is 6.36. The molecule has 1 saturated carbocycles. The van der Waals surface area contributed by atoms with Crippen molar-refractivity contribution in [1.29, 1.82) is 0 Å². The Morgan fingerprint density at radius 3 is 2.46 bits per heavy atom. The summed E-state index contributed by atoms with van der Waals surface area (Å²) in [5.41, 5.74) is 0.351. The average Bonchev–Trinajstić information content (AvgIpc) is 2.92. The van der Waals surface area contributed by atoms with Gasteiger partial charge < -0.3 is 9.84 Å². The van der Waals surface area contributed by atoms with Gasteiger partial charge in [0.1, 0.15) is 0 Å². The Kier molecular flexibility index (Phi) is 5.31. The van der Waals surface area contributed by atoms with E-state index in [1.54, 1.807) is 13.0 Å². The lowest BCUT2D eigenvalue weighted by molar-refractivity contribution is -0.147. The van der Waals surface area contributed by atoms with Gasteiger partial charge in [0, 0.05) is 23.8 Å². The minimum absolute atomic E-state index is 0.0290. The van der Waals surface area contributed by atoms with Gasteiger partial charge in [-0.3, -0.25) is 9.59 Å². The van der Waals surface area contributed by atoms with Crippen LogP contribution in [-0.4, -0.2) is 29.9 Å². The van der Waals surface area contributed by atoms with Crippen LogP contribution in [0.2, 0.25) is 0 Å². The smallest absolute Gasteiger partial charge is 0.333 e. The molecule has 0 unspecified atom stereocenters. The Morgan fingerprint density at radius 2 is 1.96 bits per heavy atom. The zero-order chi connectivity index (χ0) is 19.9. The van der Waals surface area contributed by atoms with E-state index >= 15 is 0 Å². The first-order valence-electron chi connectivity index (χ1n) is 8.91. The first-order chi connectivity index (χ1) is 12.1. The van der Waals surface area contributed by atoms with Crippen molar-refractivity contribution in [1.82, 2.24) is 0 Å². The number of carboxylic acids is 1. The van der Waals surface area contributed by atoms with Gasteiger partial charge in [0.2, 0.25) is 0 Å². The number of rotatable bonds is 6. The summed E-state index contributed by atoms with van der Waals surface area (Å²) in [6.07, 6.45) is 6.27. The molecule has 0 heterocycles. The van der Waals surface area contributed by atoms with E-state index in [2.05, 4.69) is 0 Å². The van der Waals surface area contributed by atoms with E-state index in [1.165, 1.54) is 7.11 Å². The number of aliphatic carboxylic acids is 1. The number of ether oxygens (including phenoxy) is 1. The Bertz CT molecular complexity index is 738. The standard InChI is InChI=1S/C21H28O5/c1-7-8-9-14-13(3)15(11-16(14)22)21(19(24)25)17(20(21,4)5)10-12(2)18(23)26-6/h7-8,10,15,17H,9,11H2,1-6H3,(H,24,25)/b8-7+,12-10+/t15-,17-,21-/m1/s1. The molecular formula is C21H28O5. The first kappa shape index (κ1) is 20.1. The van der Waals surface area contributed by atoms with Crippen LogP contribution >= 0.6 is 0 Å². The number of hydrogen-bond donors (Lipinski definition) is 1. The number of hydrogen-bond acceptors (Lipinski definition) is 4. The van der Waals surface area contributed by atoms with Gasteiger partial charge in [-0.15, -0.1) is 0 Å². The molecule has 0 aromatic rings. The molecule has 0 radical (unpaired) electrons. The second-order valence-electron chi connectivity index (χ2n) is 7.83. The Balaban J connectivity index is 2.50. The summed E-state index contributed by atoms with van der Waals surface area (Å²) in [7, 11) is 1.30. The average molecular weight is 360 g/mol. The van der Waals surface area contributed by atoms with E-state index in [4.69, 9.17) is 4.74 Å². The molecule has 2 rings (SSSR count). The van der Waals surface area contributed by atoms with Crippen molar-refractivity contribution < 1.29 is 24.2 Å². The van der Waals surface area contributed by atoms with Crippen molar-refractivity contribution in [2.45, 2.75) is 47.5 Å². The van der Waals surface area contributed by atoms with E-state index in [0.717, 1.165) is 11.1 Å². The van der Waals surface area contributed by atoms with E-state index < -0.39 is 22.8 Å². The topological polar surface area (TPSA) is 80.7 Å². The molecule has 0 bridgehead atoms. The van der Waals surface area contributed by atoms with Crippen molar-refractivity contribution in [3.05, 3.63) is 34.9 Å². The number of carbonyl (C=O) groups excluding carboxylic acids is 2. The lowest BCUT2D eigenvalue weighted by Gasteiger charge is -2.24. The highest BCUT2D eigenvalue weighted by atomic mass is 16.5. The lowest BCUT2D eigenvalue weighted by Crippen LogP contribution is -2.31. The van der Waals surface area contributed by atoms with Crippen LogP contribution in [0.5, 0.6) is 0 Å². The van der Waals surface area contributed by atoms with Gasteiger partial charge >= 0.3 is 11.9 Å². The number of Topliss-reactive ketones (excluding diaryl/α,β-unsaturated/α-hetero) is 1. The maximum atomic E-state index is 12.5. The van der Waals surface area contributed by atoms with Gasteiger partial charge in [0.15, 0.2) is 5.78 Å². The van der Waals surface area contributed by atoms with Crippen LogP contribution in [0.15, 0.2) is 34.9 Å². The van der Waals surface area contributed by atoms with Crippen molar-refractivity contribution in [2.24, 2.45) is 22.7 Å². The van der Waals surface area contributed by atoms with Crippen molar-refractivity contribution >= 4 is 17.7 Å². The molecule has 0 aromatic heterocycles. The molecule has 2 aliphatic carbocycles. The summed E-state index contributed by atoms with van der Waals surface area (Å²) in [6, 6.07) is 0. The normalized spacial score (nSPS) is 30.8. The number of carbonyl (C=O) groups is 3. The van der Waals surface area contributed by atoms with Crippen LogP contribution in [0.25, 0.3) is 0 Å². The minimum Gasteiger partial charge on any atom is -0.481 e. The monoisotopic (exact) mass is 360 g/mol. The summed E-state index contributed by atoms with van der Waals surface area (Å²) < 4.78 is 4.74. The van der Waals surface area contributed by atoms with E-state index in [9.17, 15) is 19.5 Å². The van der Waals surface area contributed by atoms with Crippen LogP contribution in [0.1, 0.15) is 47.5 Å². The third-order valence-corrected chi connectivity index (χ3v) is 6.36. The first-order valence-corrected chi connectivity index (χ1v) is 8.91. The van der Waals surface area contributed by atoms with Crippen LogP contribution < -0.4 is 0 Å². The molecule has 1 N–H and O–H groups in total. The molecule has 0 spiro atoms. The van der Waals surface area contributed by atoms with Crippen LogP contribution in [0, 0.1) is 22.7 Å². The summed E-state index contributed by atoms with van der Waals surface area (Å²) in [5, 5.41) is 10.2. The zero-order valence-electron chi connectivity index (χ0n) is 16.4. The molecule has 2 aliphatic rings. The van der Waals surface area contributed by atoms with Crippen LogP contribution in [-0.2, 0) is 19.1 Å². The quantitative estimate of drug-likeness (QED) is 0.444. The van der Waals surface area contributed by atoms with E-state index in [1.807, 2.05) is 39.8 Å². The molecule has 0 aromatic carbocycles. The summed E-state index contributed by atoms with van der Waals surface area (Å²) >= 11 is 0. The highest BCUT2D eigenvalue weighted by Gasteiger charge is 2.78. The molecule has 1 fully saturated rings. The fraction of sp³-hybridized carbons (Fsp3) is 0.571. The third kappa shape index (κ3) is 2.74. The summed E-state index contributed by atoms with van der Waals surface area (Å²) in [5.74, 6) is -2.03. The predicted molar refractivity (Wildman–Crippen MR) is 98.4 cm³/mol. The maximum Gasteiger partial charge on any atom is 0.333 e. The lowest BCUT2D eigenvalue weighted by atomic mass is 9.78. The van der Waals surface area contributed by atoms with Gasteiger partial charge in [-0.05, 0) is 38.2 Å². The number of ketones is 1. The second kappa shape index (κ2) is 6.86. The van der Waals surface area contributed by atoms with E-state index in [0.29, 0.717) is 12.0 Å². The minimum atomic E-state index is -1.08. The molecule has 0 saturated heterocycles. The van der Waals surface area contributed by atoms with Gasteiger partial charge in [-0.1, -0.05) is 37.6 Å². The molecule has 26 heavy (non-hydrogen) atoms. The Morgan fingerprint density at radius 1 is 1.35 bits per heavy atom. The van der Waals surface area contributed by atoms with Crippen molar-refractivity contribution in [2.75, 3.05) is 7.11 Å². The molecular weight excluding hydrogens is 332 g/mol. The molecule has 0 amide bonds. The maximum absolute atomic E-state index is 12.5. The van der Waals surface area contributed by atoms with Crippen LogP contribution in [0.3, 0.4) is 0 Å². The summed E-state index contributed by atoms with van der Waals surface area (Å²) in [6.45, 7) is 9.20. The van der Waals surface area contributed by atoms with E-state index in [-0.39, 0.29) is 24.0 Å². The van der Waals surface area contributed by atoms with Crippen molar-refractivity contribution in [3.63, 3.8) is 0 Å². The number of methoxy groups -OCH3 is 1. The number of carboxylic acid groups (broad SMARTS) is 1. The van der Waals surface area contributed by atoms with Crippen LogP contribution in [0.4, 0.5) is 0 Å². The largest absolute Gasteiger partial charge is 0.481 e. The molecule has 142 valence electrons. The summed E-state index contributed by atoms with van der Waals surface area (Å²) in [4.78, 5) is 36.7. The second-order valence-corrected chi connectivity index (χ2v) is 7.83. The number of esters is 1. The van der Waals surface area contributed by atoms with Gasteiger partial charge in [0.05, 0.1) is 12.5 Å². The molecule has 5 nitrogen and oxygen atoms in total. The SMILES string of the molecule is C/C=C/CC1=C(C)[C@H]([C@]2(C(=O)O)[C@H](/C=C(\C)C(=O)OC)C2(C)C)CC1=O. The molecule has 5 heteroatoms.